The molecule has 2 atom stereocenters. The van der Waals surface area contributed by atoms with Crippen molar-refractivity contribution in [1.29, 1.82) is 5.26 Å². The number of fused-ring (bicyclic) bond motifs is 1. The molecule has 3 rings (SSSR count). The number of nitriles is 1. The van der Waals surface area contributed by atoms with Crippen molar-refractivity contribution < 1.29 is 14.3 Å². The average molecular weight is 272 g/mol. The summed E-state index contributed by atoms with van der Waals surface area (Å²) in [5, 5.41) is 9.16. The van der Waals surface area contributed by atoms with E-state index in [4.69, 9.17) is 14.7 Å². The fourth-order valence-corrected chi connectivity index (χ4v) is 2.77. The zero-order chi connectivity index (χ0) is 13.9. The van der Waals surface area contributed by atoms with E-state index in [1.54, 1.807) is 4.90 Å². The summed E-state index contributed by atoms with van der Waals surface area (Å²) in [5.41, 5.74) is 0.923. The zero-order valence-corrected chi connectivity index (χ0v) is 11.1. The quantitative estimate of drug-likeness (QED) is 0.773. The predicted octanol–water partition coefficient (Wildman–Crippen LogP) is 1.30. The summed E-state index contributed by atoms with van der Waals surface area (Å²) in [6.45, 7) is 1.81. The maximum Gasteiger partial charge on any atom is 0.231 e. The molecule has 1 saturated heterocycles. The van der Waals surface area contributed by atoms with Gasteiger partial charge >= 0.3 is 0 Å². The number of para-hydroxylation sites is 1. The predicted molar refractivity (Wildman–Crippen MR) is 71.2 cm³/mol. The first-order valence-corrected chi connectivity index (χ1v) is 6.81. The third-order valence-electron chi connectivity index (χ3n) is 3.82. The second-order valence-corrected chi connectivity index (χ2v) is 4.98. The fraction of sp³-hybridized carbons (Fsp3) is 0.467. The summed E-state index contributed by atoms with van der Waals surface area (Å²) in [6.07, 6.45) is 0.658. The maximum absolute atomic E-state index is 12.7. The summed E-state index contributed by atoms with van der Waals surface area (Å²) in [7, 11) is 0. The number of nitrogens with zero attached hydrogens (tertiary/aromatic N) is 2. The van der Waals surface area contributed by atoms with E-state index in [0.29, 0.717) is 32.8 Å². The molecular formula is C15H16N2O3. The van der Waals surface area contributed by atoms with Gasteiger partial charge in [-0.25, -0.2) is 0 Å². The van der Waals surface area contributed by atoms with Gasteiger partial charge in [-0.2, -0.15) is 5.26 Å². The Morgan fingerprint density at radius 1 is 1.35 bits per heavy atom. The van der Waals surface area contributed by atoms with Crippen molar-refractivity contribution in [1.82, 2.24) is 4.90 Å². The van der Waals surface area contributed by atoms with E-state index >= 15 is 0 Å². The van der Waals surface area contributed by atoms with Crippen LogP contribution >= 0.6 is 0 Å². The molecular weight excluding hydrogens is 256 g/mol. The van der Waals surface area contributed by atoms with E-state index in [-0.39, 0.29) is 11.8 Å². The SMILES string of the molecule is N#C[C@@H]1COCCN1C(=O)[C@H]1CCOc2ccccc21. The Bertz CT molecular complexity index is 552. The van der Waals surface area contributed by atoms with E-state index < -0.39 is 6.04 Å². The normalized spacial score (nSPS) is 25.2. The fourth-order valence-electron chi connectivity index (χ4n) is 2.77. The van der Waals surface area contributed by atoms with Crippen molar-refractivity contribution in [2.75, 3.05) is 26.4 Å². The molecule has 0 unspecified atom stereocenters. The zero-order valence-electron chi connectivity index (χ0n) is 11.1. The third-order valence-corrected chi connectivity index (χ3v) is 3.82. The van der Waals surface area contributed by atoms with Crippen LogP contribution in [0, 0.1) is 11.3 Å². The minimum Gasteiger partial charge on any atom is -0.493 e. The molecule has 0 radical (unpaired) electrons. The summed E-state index contributed by atoms with van der Waals surface area (Å²) < 4.78 is 10.9. The molecule has 2 aliphatic heterocycles. The van der Waals surface area contributed by atoms with Crippen molar-refractivity contribution in [3.8, 4) is 11.8 Å². The molecule has 1 aromatic rings. The molecule has 2 heterocycles. The van der Waals surface area contributed by atoms with Crippen molar-refractivity contribution in [2.24, 2.45) is 0 Å². The van der Waals surface area contributed by atoms with E-state index in [1.165, 1.54) is 0 Å². The van der Waals surface area contributed by atoms with Crippen molar-refractivity contribution in [3.05, 3.63) is 29.8 Å². The largest absolute Gasteiger partial charge is 0.493 e. The summed E-state index contributed by atoms with van der Waals surface area (Å²) in [4.78, 5) is 14.4. The lowest BCUT2D eigenvalue weighted by Gasteiger charge is -2.35. The number of morpholine rings is 1. The number of hydrogen-bond acceptors (Lipinski definition) is 4. The van der Waals surface area contributed by atoms with E-state index in [9.17, 15) is 4.79 Å². The van der Waals surface area contributed by atoms with Crippen LogP contribution in [-0.4, -0.2) is 43.2 Å². The van der Waals surface area contributed by atoms with Gasteiger partial charge in [0.25, 0.3) is 0 Å². The Kier molecular flexibility index (Phi) is 3.57. The second-order valence-electron chi connectivity index (χ2n) is 4.98. The average Bonchev–Trinajstić information content (AvgIpc) is 2.53. The minimum absolute atomic E-state index is 0.00981. The number of hydrogen-bond donors (Lipinski definition) is 0. The van der Waals surface area contributed by atoms with Crippen LogP contribution in [0.25, 0.3) is 0 Å². The molecule has 0 aromatic heterocycles. The summed E-state index contributed by atoms with van der Waals surface area (Å²) in [5.74, 6) is 0.573. The molecule has 5 heteroatoms. The van der Waals surface area contributed by atoms with Crippen LogP contribution < -0.4 is 4.74 Å². The minimum atomic E-state index is -0.480. The molecule has 0 bridgehead atoms. The first kappa shape index (κ1) is 12.9. The number of amides is 1. The molecule has 20 heavy (non-hydrogen) atoms. The lowest BCUT2D eigenvalue weighted by molar-refractivity contribution is -0.140. The molecule has 0 saturated carbocycles. The first-order chi connectivity index (χ1) is 9.81. The van der Waals surface area contributed by atoms with Gasteiger partial charge in [0, 0.05) is 12.1 Å². The molecule has 0 aliphatic carbocycles. The van der Waals surface area contributed by atoms with Crippen LogP contribution in [0.2, 0.25) is 0 Å². The van der Waals surface area contributed by atoms with Crippen LogP contribution in [0.1, 0.15) is 17.9 Å². The van der Waals surface area contributed by atoms with Crippen molar-refractivity contribution in [2.45, 2.75) is 18.4 Å². The van der Waals surface area contributed by atoms with Gasteiger partial charge in [0.2, 0.25) is 5.91 Å². The molecule has 1 fully saturated rings. The van der Waals surface area contributed by atoms with Crippen LogP contribution in [-0.2, 0) is 9.53 Å². The van der Waals surface area contributed by atoms with Gasteiger partial charge in [-0.1, -0.05) is 18.2 Å². The number of carbonyl (C=O) groups is 1. The van der Waals surface area contributed by atoms with Gasteiger partial charge in [0.15, 0.2) is 0 Å². The highest BCUT2D eigenvalue weighted by atomic mass is 16.5. The van der Waals surface area contributed by atoms with E-state index in [2.05, 4.69) is 6.07 Å². The third kappa shape index (κ3) is 2.23. The molecule has 1 aromatic carbocycles. The summed E-state index contributed by atoms with van der Waals surface area (Å²) in [6, 6.07) is 9.29. The second kappa shape index (κ2) is 5.51. The highest BCUT2D eigenvalue weighted by Gasteiger charge is 2.35. The molecule has 0 N–H and O–H groups in total. The standard InChI is InChI=1S/C15H16N2O3/c16-9-11-10-19-8-6-17(11)15(18)13-5-7-20-14-4-2-1-3-12(13)14/h1-4,11,13H,5-8,10H2/t11-,13+/m1/s1. The summed E-state index contributed by atoms with van der Waals surface area (Å²) >= 11 is 0. The lowest BCUT2D eigenvalue weighted by Crippen LogP contribution is -2.50. The number of benzene rings is 1. The highest BCUT2D eigenvalue weighted by Crippen LogP contribution is 2.35. The number of carbonyl (C=O) groups excluding carboxylic acids is 1. The molecule has 2 aliphatic rings. The van der Waals surface area contributed by atoms with Crippen LogP contribution in [0.5, 0.6) is 5.75 Å². The smallest absolute Gasteiger partial charge is 0.231 e. The molecule has 104 valence electrons. The van der Waals surface area contributed by atoms with Gasteiger partial charge in [-0.05, 0) is 12.5 Å². The Balaban J connectivity index is 1.86. The van der Waals surface area contributed by atoms with E-state index in [1.807, 2.05) is 24.3 Å². The first-order valence-electron chi connectivity index (χ1n) is 6.81. The Hall–Kier alpha value is -2.06. The molecule has 0 spiro atoms. The highest BCUT2D eigenvalue weighted by molar-refractivity contribution is 5.85. The lowest BCUT2D eigenvalue weighted by atomic mass is 9.91. The molecule has 5 nitrogen and oxygen atoms in total. The van der Waals surface area contributed by atoms with Crippen LogP contribution in [0.15, 0.2) is 24.3 Å². The van der Waals surface area contributed by atoms with Gasteiger partial charge < -0.3 is 14.4 Å². The van der Waals surface area contributed by atoms with Gasteiger partial charge in [-0.3, -0.25) is 4.79 Å². The monoisotopic (exact) mass is 272 g/mol. The van der Waals surface area contributed by atoms with Gasteiger partial charge in [0.1, 0.15) is 11.8 Å². The molecule has 1 amide bonds. The number of ether oxygens (including phenoxy) is 2. The Morgan fingerprint density at radius 3 is 3.05 bits per heavy atom. The number of rotatable bonds is 1. The van der Waals surface area contributed by atoms with Crippen molar-refractivity contribution >= 4 is 5.91 Å². The van der Waals surface area contributed by atoms with Gasteiger partial charge in [0.05, 0.1) is 31.8 Å². The van der Waals surface area contributed by atoms with Crippen molar-refractivity contribution in [3.63, 3.8) is 0 Å². The Morgan fingerprint density at radius 2 is 2.20 bits per heavy atom. The van der Waals surface area contributed by atoms with Gasteiger partial charge in [-0.15, -0.1) is 0 Å². The maximum atomic E-state index is 12.7. The van der Waals surface area contributed by atoms with Crippen LogP contribution in [0.3, 0.4) is 0 Å². The topological polar surface area (TPSA) is 62.6 Å². The van der Waals surface area contributed by atoms with Crippen LogP contribution in [0.4, 0.5) is 0 Å². The van der Waals surface area contributed by atoms with E-state index in [0.717, 1.165) is 11.3 Å². The Labute approximate surface area is 117 Å².